The Kier molecular flexibility index (Phi) is 5.83. The van der Waals surface area contributed by atoms with Crippen LogP contribution in [-0.2, 0) is 4.74 Å². The number of aromatic nitrogens is 2. The molecule has 4 aromatic rings. The van der Waals surface area contributed by atoms with Gasteiger partial charge in [0.25, 0.3) is 5.91 Å². The van der Waals surface area contributed by atoms with Crippen molar-refractivity contribution in [3.8, 4) is 11.3 Å². The molecule has 1 amide bonds. The van der Waals surface area contributed by atoms with Crippen molar-refractivity contribution in [1.82, 2.24) is 15.3 Å². The number of ether oxygens (including phenoxy) is 1. The number of hydrogen-bond acceptors (Lipinski definition) is 3. The summed E-state index contributed by atoms with van der Waals surface area (Å²) in [5.41, 5.74) is 3.57. The fourth-order valence-corrected chi connectivity index (χ4v) is 4.32. The summed E-state index contributed by atoms with van der Waals surface area (Å²) in [5.74, 6) is -0.504. The number of quaternary nitrogens is 1. The molecule has 0 bridgehead atoms. The molecule has 2 aromatic heterocycles. The largest absolute Gasteiger partial charge is 0.370 e. The number of benzene rings is 2. The molecule has 0 radical (unpaired) electrons. The van der Waals surface area contributed by atoms with E-state index < -0.39 is 0 Å². The van der Waals surface area contributed by atoms with E-state index in [1.165, 1.54) is 17.0 Å². The number of nitrogens with one attached hydrogen (secondary N) is 3. The van der Waals surface area contributed by atoms with E-state index in [0.29, 0.717) is 17.9 Å². The van der Waals surface area contributed by atoms with Crippen molar-refractivity contribution in [1.29, 1.82) is 0 Å². The average Bonchev–Trinajstić information content (AvgIpc) is 3.21. The maximum atomic E-state index is 13.5. The molecule has 0 spiro atoms. The number of amides is 1. The lowest BCUT2D eigenvalue weighted by Gasteiger charge is -2.23. The van der Waals surface area contributed by atoms with Gasteiger partial charge in [0.05, 0.1) is 31.0 Å². The standard InChI is InChI=1S/C25H25FN4O2/c26-18-8-6-17(7-9-18)23-24-20(19-4-1-2-5-21(19)28-24)16-22(29-23)25(31)27-10-3-11-30-12-14-32-15-13-30/h1-2,4-9,16,28H,3,10-15H2,(H,27,31)/p+1. The highest BCUT2D eigenvalue weighted by Crippen LogP contribution is 2.32. The summed E-state index contributed by atoms with van der Waals surface area (Å²) in [4.78, 5) is 22.6. The molecule has 1 aliphatic heterocycles. The second-order valence-corrected chi connectivity index (χ2v) is 8.18. The van der Waals surface area contributed by atoms with Gasteiger partial charge in [0.2, 0.25) is 0 Å². The summed E-state index contributed by atoms with van der Waals surface area (Å²) in [5, 5.41) is 4.97. The van der Waals surface area contributed by atoms with Crippen LogP contribution in [0.1, 0.15) is 16.9 Å². The molecule has 3 heterocycles. The van der Waals surface area contributed by atoms with E-state index in [2.05, 4.69) is 15.3 Å². The lowest BCUT2D eigenvalue weighted by Crippen LogP contribution is -3.14. The van der Waals surface area contributed by atoms with Gasteiger partial charge in [-0.3, -0.25) is 4.79 Å². The van der Waals surface area contributed by atoms with E-state index >= 15 is 0 Å². The normalized spacial score (nSPS) is 14.8. The lowest BCUT2D eigenvalue weighted by atomic mass is 10.1. The number of para-hydroxylation sites is 1. The van der Waals surface area contributed by atoms with Crippen LogP contribution in [-0.4, -0.2) is 55.3 Å². The van der Waals surface area contributed by atoms with Gasteiger partial charge in [0, 0.05) is 34.8 Å². The number of fused-ring (bicyclic) bond motifs is 3. The summed E-state index contributed by atoms with van der Waals surface area (Å²) in [6.45, 7) is 5.27. The van der Waals surface area contributed by atoms with Crippen LogP contribution < -0.4 is 10.2 Å². The minimum atomic E-state index is -0.307. The van der Waals surface area contributed by atoms with Crippen molar-refractivity contribution in [3.63, 3.8) is 0 Å². The number of carbonyl (C=O) groups excluding carboxylic acids is 1. The third kappa shape index (κ3) is 4.22. The van der Waals surface area contributed by atoms with Gasteiger partial charge in [-0.1, -0.05) is 18.2 Å². The first-order valence-electron chi connectivity index (χ1n) is 11.1. The van der Waals surface area contributed by atoms with Gasteiger partial charge in [-0.15, -0.1) is 0 Å². The van der Waals surface area contributed by atoms with Crippen molar-refractivity contribution in [2.75, 3.05) is 39.4 Å². The molecule has 0 unspecified atom stereocenters. The zero-order valence-corrected chi connectivity index (χ0v) is 17.8. The quantitative estimate of drug-likeness (QED) is 0.409. The Morgan fingerprint density at radius 3 is 2.69 bits per heavy atom. The number of nitrogens with zero attached hydrogens (tertiary/aromatic N) is 1. The highest BCUT2D eigenvalue weighted by molar-refractivity contribution is 6.13. The molecule has 0 saturated carbocycles. The summed E-state index contributed by atoms with van der Waals surface area (Å²) in [7, 11) is 0. The van der Waals surface area contributed by atoms with Gasteiger partial charge in [-0.25, -0.2) is 9.37 Å². The molecule has 2 aromatic carbocycles. The van der Waals surface area contributed by atoms with Crippen LogP contribution in [0.3, 0.4) is 0 Å². The van der Waals surface area contributed by atoms with Crippen LogP contribution in [0.2, 0.25) is 0 Å². The number of pyridine rings is 1. The number of carbonyl (C=O) groups is 1. The van der Waals surface area contributed by atoms with Crippen LogP contribution in [0.25, 0.3) is 33.1 Å². The van der Waals surface area contributed by atoms with Crippen LogP contribution >= 0.6 is 0 Å². The number of hydrogen-bond donors (Lipinski definition) is 3. The monoisotopic (exact) mass is 433 g/mol. The van der Waals surface area contributed by atoms with Gasteiger partial charge in [0.1, 0.15) is 24.6 Å². The number of morpholine rings is 1. The molecule has 1 aliphatic rings. The maximum absolute atomic E-state index is 13.5. The predicted molar refractivity (Wildman–Crippen MR) is 122 cm³/mol. The number of aromatic amines is 1. The Balaban J connectivity index is 1.42. The molecule has 6 nitrogen and oxygen atoms in total. The van der Waals surface area contributed by atoms with E-state index in [4.69, 9.17) is 4.74 Å². The molecule has 5 rings (SSSR count). The zero-order chi connectivity index (χ0) is 21.9. The average molecular weight is 434 g/mol. The molecule has 7 heteroatoms. The fourth-order valence-electron chi connectivity index (χ4n) is 4.32. The fraction of sp³-hybridized carbons (Fsp3) is 0.280. The van der Waals surface area contributed by atoms with Crippen molar-refractivity contribution >= 4 is 27.7 Å². The molecule has 32 heavy (non-hydrogen) atoms. The number of halogens is 1. The summed E-state index contributed by atoms with van der Waals surface area (Å²) < 4.78 is 18.9. The lowest BCUT2D eigenvalue weighted by molar-refractivity contribution is -0.908. The highest BCUT2D eigenvalue weighted by Gasteiger charge is 2.18. The van der Waals surface area contributed by atoms with Crippen molar-refractivity contribution in [2.45, 2.75) is 6.42 Å². The van der Waals surface area contributed by atoms with Gasteiger partial charge in [-0.05, 0) is 36.4 Å². The summed E-state index contributed by atoms with van der Waals surface area (Å²) >= 11 is 0. The van der Waals surface area contributed by atoms with Crippen molar-refractivity contribution in [2.24, 2.45) is 0 Å². The molecule has 164 valence electrons. The SMILES string of the molecule is O=C(NCCC[NH+]1CCOCC1)c1cc2c([nH]c3ccccc32)c(-c2ccc(F)cc2)n1. The summed E-state index contributed by atoms with van der Waals surface area (Å²) in [6.07, 6.45) is 0.904. The molecular formula is C25H26FN4O2+. The Morgan fingerprint density at radius 2 is 1.88 bits per heavy atom. The first kappa shape index (κ1) is 20.6. The third-order valence-electron chi connectivity index (χ3n) is 6.04. The Morgan fingerprint density at radius 1 is 1.09 bits per heavy atom. The topological polar surface area (TPSA) is 71.4 Å². The minimum absolute atomic E-state index is 0.197. The molecule has 0 aliphatic carbocycles. The van der Waals surface area contributed by atoms with Gasteiger partial charge >= 0.3 is 0 Å². The van der Waals surface area contributed by atoms with E-state index in [9.17, 15) is 9.18 Å². The molecule has 1 fully saturated rings. The van der Waals surface area contributed by atoms with Gasteiger partial charge in [-0.2, -0.15) is 0 Å². The Labute approximate surface area is 185 Å². The van der Waals surface area contributed by atoms with Crippen molar-refractivity contribution < 1.29 is 18.8 Å². The molecule has 1 saturated heterocycles. The maximum Gasteiger partial charge on any atom is 0.269 e. The molecular weight excluding hydrogens is 407 g/mol. The zero-order valence-electron chi connectivity index (χ0n) is 17.8. The Hall–Kier alpha value is -3.29. The highest BCUT2D eigenvalue weighted by atomic mass is 19.1. The van der Waals surface area contributed by atoms with Crippen LogP contribution in [0.15, 0.2) is 54.6 Å². The molecule has 3 N–H and O–H groups in total. The van der Waals surface area contributed by atoms with Crippen molar-refractivity contribution in [3.05, 3.63) is 66.1 Å². The number of rotatable bonds is 6. The van der Waals surface area contributed by atoms with E-state index in [1.54, 1.807) is 12.1 Å². The van der Waals surface area contributed by atoms with E-state index in [-0.39, 0.29) is 11.7 Å². The predicted octanol–water partition coefficient (Wildman–Crippen LogP) is 2.56. The Bertz CT molecular complexity index is 1250. The first-order valence-corrected chi connectivity index (χ1v) is 11.1. The van der Waals surface area contributed by atoms with E-state index in [1.807, 2.05) is 30.3 Å². The minimum Gasteiger partial charge on any atom is -0.370 e. The second kappa shape index (κ2) is 9.06. The van der Waals surface area contributed by atoms with Gasteiger partial charge in [0.15, 0.2) is 0 Å². The van der Waals surface area contributed by atoms with E-state index in [0.717, 1.165) is 66.6 Å². The first-order chi connectivity index (χ1) is 15.7. The number of H-pyrrole nitrogens is 1. The van der Waals surface area contributed by atoms with Crippen LogP contribution in [0.4, 0.5) is 4.39 Å². The van der Waals surface area contributed by atoms with Gasteiger partial charge < -0.3 is 19.9 Å². The second-order valence-electron chi connectivity index (χ2n) is 8.18. The third-order valence-corrected chi connectivity index (χ3v) is 6.04. The van der Waals surface area contributed by atoms with Crippen LogP contribution in [0.5, 0.6) is 0 Å². The summed E-state index contributed by atoms with van der Waals surface area (Å²) in [6, 6.07) is 16.0. The smallest absolute Gasteiger partial charge is 0.269 e. The molecule has 0 atom stereocenters. The van der Waals surface area contributed by atoms with Crippen LogP contribution in [0, 0.1) is 5.82 Å².